The van der Waals surface area contributed by atoms with E-state index in [1.165, 1.54) is 0 Å². The first-order chi connectivity index (χ1) is 7.63. The van der Waals surface area contributed by atoms with Crippen LogP contribution in [0.5, 0.6) is 0 Å². The zero-order valence-corrected chi connectivity index (χ0v) is 10.6. The van der Waals surface area contributed by atoms with Crippen molar-refractivity contribution in [3.63, 3.8) is 0 Å². The Labute approximate surface area is 102 Å². The van der Waals surface area contributed by atoms with Crippen molar-refractivity contribution in [2.45, 2.75) is 11.3 Å². The van der Waals surface area contributed by atoms with E-state index in [2.05, 4.69) is 0 Å². The van der Waals surface area contributed by atoms with E-state index in [4.69, 9.17) is 5.11 Å². The molecular formula is C11H14O3S2. The molecule has 1 unspecified atom stereocenters. The van der Waals surface area contributed by atoms with Crippen LogP contribution in [0.15, 0.2) is 29.2 Å². The molecule has 88 valence electrons. The molecule has 0 fully saturated rings. The van der Waals surface area contributed by atoms with Crippen molar-refractivity contribution in [2.75, 3.05) is 17.8 Å². The molecule has 0 aliphatic carbocycles. The fourth-order valence-corrected chi connectivity index (χ4v) is 3.16. The number of aliphatic carboxylic acids is 1. The Morgan fingerprint density at radius 2 is 2.00 bits per heavy atom. The van der Waals surface area contributed by atoms with Gasteiger partial charge in [-0.2, -0.15) is 11.8 Å². The molecule has 1 rings (SSSR count). The number of benzene rings is 1. The van der Waals surface area contributed by atoms with Crippen molar-refractivity contribution in [3.8, 4) is 0 Å². The van der Waals surface area contributed by atoms with Crippen molar-refractivity contribution in [1.29, 1.82) is 0 Å². The summed E-state index contributed by atoms with van der Waals surface area (Å²) in [7, 11) is -0.973. The molecule has 3 nitrogen and oxygen atoms in total. The van der Waals surface area contributed by atoms with Gasteiger partial charge in [-0.3, -0.25) is 9.00 Å². The first kappa shape index (κ1) is 13.3. The number of hydrogen-bond acceptors (Lipinski definition) is 3. The Kier molecular flexibility index (Phi) is 5.55. The smallest absolute Gasteiger partial charge is 0.307 e. The Hall–Kier alpha value is -0.810. The van der Waals surface area contributed by atoms with Gasteiger partial charge in [-0.25, -0.2) is 0 Å². The van der Waals surface area contributed by atoms with Crippen LogP contribution in [0.1, 0.15) is 5.56 Å². The highest BCUT2D eigenvalue weighted by Crippen LogP contribution is 2.10. The molecule has 0 bridgehead atoms. The molecule has 0 saturated heterocycles. The summed E-state index contributed by atoms with van der Waals surface area (Å²) >= 11 is 1.67. The van der Waals surface area contributed by atoms with E-state index < -0.39 is 16.8 Å². The van der Waals surface area contributed by atoms with Crippen LogP contribution in [0.4, 0.5) is 0 Å². The highest BCUT2D eigenvalue weighted by atomic mass is 32.2. The predicted octanol–water partition coefficient (Wildman–Crippen LogP) is 1.78. The van der Waals surface area contributed by atoms with Crippen LogP contribution in [-0.4, -0.2) is 33.0 Å². The van der Waals surface area contributed by atoms with Crippen LogP contribution in [-0.2, 0) is 22.0 Å². The van der Waals surface area contributed by atoms with Gasteiger partial charge >= 0.3 is 5.97 Å². The summed E-state index contributed by atoms with van der Waals surface area (Å²) in [6.07, 6.45) is 1.99. The third kappa shape index (κ3) is 4.37. The van der Waals surface area contributed by atoms with E-state index in [0.717, 1.165) is 16.2 Å². The zero-order chi connectivity index (χ0) is 12.0. The largest absolute Gasteiger partial charge is 0.481 e. The summed E-state index contributed by atoms with van der Waals surface area (Å²) in [4.78, 5) is 11.2. The van der Waals surface area contributed by atoms with E-state index in [1.807, 2.05) is 6.26 Å². The van der Waals surface area contributed by atoms with Gasteiger partial charge in [0.15, 0.2) is 0 Å². The van der Waals surface area contributed by atoms with Gasteiger partial charge in [-0.05, 0) is 24.0 Å². The van der Waals surface area contributed by atoms with Crippen LogP contribution >= 0.6 is 11.8 Å². The lowest BCUT2D eigenvalue weighted by Gasteiger charge is -2.02. The minimum absolute atomic E-state index is 0.0116. The Balaban J connectivity index is 2.63. The van der Waals surface area contributed by atoms with Crippen molar-refractivity contribution >= 4 is 28.5 Å². The highest BCUT2D eigenvalue weighted by molar-refractivity contribution is 7.99. The molecule has 0 amide bonds. The Morgan fingerprint density at radius 3 is 2.50 bits per heavy atom. The first-order valence-corrected chi connectivity index (χ1v) is 7.53. The molecule has 5 heteroatoms. The molecule has 0 aromatic heterocycles. The monoisotopic (exact) mass is 258 g/mol. The van der Waals surface area contributed by atoms with Gasteiger partial charge in [0.05, 0.1) is 17.2 Å². The Morgan fingerprint density at radius 1 is 1.38 bits per heavy atom. The van der Waals surface area contributed by atoms with Gasteiger partial charge in [-0.1, -0.05) is 12.1 Å². The van der Waals surface area contributed by atoms with Crippen LogP contribution < -0.4 is 0 Å². The fraction of sp³-hybridized carbons (Fsp3) is 0.364. The lowest BCUT2D eigenvalue weighted by atomic mass is 10.2. The number of rotatable bonds is 6. The molecule has 0 saturated carbocycles. The standard InChI is InChI=1S/C11H14O3S2/c1-15-6-7-16(14)10-4-2-9(3-5-10)8-11(12)13/h2-5H,6-8H2,1H3,(H,12,13). The van der Waals surface area contributed by atoms with Gasteiger partial charge < -0.3 is 5.11 Å². The maximum Gasteiger partial charge on any atom is 0.307 e. The van der Waals surface area contributed by atoms with Crippen LogP contribution in [0.3, 0.4) is 0 Å². The first-order valence-electron chi connectivity index (χ1n) is 4.81. The molecule has 0 heterocycles. The fourth-order valence-electron chi connectivity index (χ4n) is 1.21. The Bertz CT molecular complexity index is 373. The molecule has 0 radical (unpaired) electrons. The van der Waals surface area contributed by atoms with Gasteiger partial charge in [-0.15, -0.1) is 0 Å². The minimum Gasteiger partial charge on any atom is -0.481 e. The summed E-state index contributed by atoms with van der Waals surface area (Å²) in [6, 6.07) is 6.93. The van der Waals surface area contributed by atoms with Crippen molar-refractivity contribution in [2.24, 2.45) is 0 Å². The summed E-state index contributed by atoms with van der Waals surface area (Å²) < 4.78 is 11.7. The SMILES string of the molecule is CSCCS(=O)c1ccc(CC(=O)O)cc1. The average molecular weight is 258 g/mol. The van der Waals surface area contributed by atoms with Crippen LogP contribution in [0.2, 0.25) is 0 Å². The van der Waals surface area contributed by atoms with Gasteiger partial charge in [0.2, 0.25) is 0 Å². The van der Waals surface area contributed by atoms with E-state index in [0.29, 0.717) is 5.75 Å². The zero-order valence-electron chi connectivity index (χ0n) is 9.01. The molecule has 1 atom stereocenters. The average Bonchev–Trinajstić information content (AvgIpc) is 2.26. The molecule has 16 heavy (non-hydrogen) atoms. The van der Waals surface area contributed by atoms with E-state index in [1.54, 1.807) is 36.0 Å². The summed E-state index contributed by atoms with van der Waals surface area (Å²) in [5, 5.41) is 8.60. The van der Waals surface area contributed by atoms with E-state index >= 15 is 0 Å². The van der Waals surface area contributed by atoms with Crippen molar-refractivity contribution in [3.05, 3.63) is 29.8 Å². The molecule has 1 aromatic carbocycles. The van der Waals surface area contributed by atoms with Gasteiger partial charge in [0, 0.05) is 16.4 Å². The summed E-state index contributed by atoms with van der Waals surface area (Å²) in [5.41, 5.74) is 0.734. The molecule has 0 aliphatic heterocycles. The van der Waals surface area contributed by atoms with E-state index in [-0.39, 0.29) is 6.42 Å². The number of carboxylic acids is 1. The van der Waals surface area contributed by atoms with Crippen LogP contribution in [0, 0.1) is 0 Å². The van der Waals surface area contributed by atoms with E-state index in [9.17, 15) is 9.00 Å². The number of hydrogen-bond donors (Lipinski definition) is 1. The lowest BCUT2D eigenvalue weighted by Crippen LogP contribution is -2.02. The lowest BCUT2D eigenvalue weighted by molar-refractivity contribution is -0.136. The molecule has 1 aromatic rings. The topological polar surface area (TPSA) is 54.4 Å². The molecule has 0 aliphatic rings. The van der Waals surface area contributed by atoms with Crippen molar-refractivity contribution < 1.29 is 14.1 Å². The van der Waals surface area contributed by atoms with Gasteiger partial charge in [0.25, 0.3) is 0 Å². The predicted molar refractivity (Wildman–Crippen MR) is 67.4 cm³/mol. The molecular weight excluding hydrogens is 244 g/mol. The summed E-state index contributed by atoms with van der Waals surface area (Å²) in [5.74, 6) is 0.652. The third-order valence-electron chi connectivity index (χ3n) is 2.01. The highest BCUT2D eigenvalue weighted by Gasteiger charge is 2.04. The second kappa shape index (κ2) is 6.70. The number of carbonyl (C=O) groups is 1. The van der Waals surface area contributed by atoms with Gasteiger partial charge in [0.1, 0.15) is 0 Å². The normalized spacial score (nSPS) is 12.3. The second-order valence-electron chi connectivity index (χ2n) is 3.26. The number of thioether (sulfide) groups is 1. The molecule has 1 N–H and O–H groups in total. The van der Waals surface area contributed by atoms with Crippen LogP contribution in [0.25, 0.3) is 0 Å². The minimum atomic E-state index is -0.973. The maximum atomic E-state index is 11.7. The molecule has 0 spiro atoms. The van der Waals surface area contributed by atoms with Crippen molar-refractivity contribution in [1.82, 2.24) is 0 Å². The quantitative estimate of drug-likeness (QED) is 0.845. The third-order valence-corrected chi connectivity index (χ3v) is 4.26. The maximum absolute atomic E-state index is 11.7. The second-order valence-corrected chi connectivity index (χ2v) is 5.81. The number of carboxylic acid groups (broad SMARTS) is 1. The summed E-state index contributed by atoms with van der Waals surface area (Å²) in [6.45, 7) is 0.